The van der Waals surface area contributed by atoms with Crippen LogP contribution in [0.5, 0.6) is 0 Å². The highest BCUT2D eigenvalue weighted by Crippen LogP contribution is 2.30. The molecule has 0 saturated carbocycles. The molecule has 0 bridgehead atoms. The molecule has 3 rings (SSSR count). The number of aromatic nitrogens is 2. The van der Waals surface area contributed by atoms with Crippen LogP contribution in [0.25, 0.3) is 11.0 Å². The van der Waals surface area contributed by atoms with Gasteiger partial charge in [-0.05, 0) is 35.9 Å². The average molecular weight is 373 g/mol. The minimum absolute atomic E-state index is 0.273. The SMILES string of the molecule is Fc1ccc(Br)c(CNc2c(Cl)ccc3nsnc23)c1. The zero-order chi connectivity index (χ0) is 14.1. The third-order valence-electron chi connectivity index (χ3n) is 2.84. The van der Waals surface area contributed by atoms with Crippen molar-refractivity contribution in [3.63, 3.8) is 0 Å². The molecule has 0 fully saturated rings. The topological polar surface area (TPSA) is 37.8 Å². The number of fused-ring (bicyclic) bond motifs is 1. The molecule has 0 aliphatic heterocycles. The Hall–Kier alpha value is -1.24. The van der Waals surface area contributed by atoms with Crippen molar-refractivity contribution in [2.45, 2.75) is 6.54 Å². The van der Waals surface area contributed by atoms with E-state index in [0.717, 1.165) is 32.8 Å². The lowest BCUT2D eigenvalue weighted by Gasteiger charge is -2.10. The second-order valence-corrected chi connectivity index (χ2v) is 5.93. The lowest BCUT2D eigenvalue weighted by Crippen LogP contribution is -2.02. The Morgan fingerprint density at radius 1 is 1.25 bits per heavy atom. The van der Waals surface area contributed by atoms with Crippen molar-refractivity contribution < 1.29 is 4.39 Å². The fourth-order valence-corrected chi connectivity index (χ4v) is 3.01. The quantitative estimate of drug-likeness (QED) is 0.713. The minimum Gasteiger partial charge on any atom is -0.378 e. The van der Waals surface area contributed by atoms with Crippen LogP contribution in [0.3, 0.4) is 0 Å². The molecule has 0 aliphatic rings. The lowest BCUT2D eigenvalue weighted by atomic mass is 10.2. The van der Waals surface area contributed by atoms with Crippen LogP contribution in [0.2, 0.25) is 5.02 Å². The van der Waals surface area contributed by atoms with E-state index in [0.29, 0.717) is 17.3 Å². The fourth-order valence-electron chi connectivity index (χ4n) is 1.86. The Bertz CT molecular complexity index is 777. The maximum Gasteiger partial charge on any atom is 0.129 e. The summed E-state index contributed by atoms with van der Waals surface area (Å²) in [4.78, 5) is 0. The maximum absolute atomic E-state index is 13.3. The van der Waals surface area contributed by atoms with Gasteiger partial charge in [0.25, 0.3) is 0 Å². The first-order chi connectivity index (χ1) is 9.65. The molecule has 0 spiro atoms. The molecule has 1 N–H and O–H groups in total. The number of hydrogen-bond donors (Lipinski definition) is 1. The van der Waals surface area contributed by atoms with Gasteiger partial charge in [-0.3, -0.25) is 0 Å². The molecular formula is C13H8BrClFN3S. The molecule has 0 radical (unpaired) electrons. The van der Waals surface area contributed by atoms with Crippen LogP contribution in [0.4, 0.5) is 10.1 Å². The van der Waals surface area contributed by atoms with E-state index < -0.39 is 0 Å². The van der Waals surface area contributed by atoms with Crippen LogP contribution in [0.1, 0.15) is 5.56 Å². The molecule has 0 unspecified atom stereocenters. The van der Waals surface area contributed by atoms with Gasteiger partial charge in [-0.1, -0.05) is 27.5 Å². The molecule has 1 aromatic heterocycles. The van der Waals surface area contributed by atoms with Crippen molar-refractivity contribution >= 4 is 56.0 Å². The molecule has 102 valence electrons. The Kier molecular flexibility index (Phi) is 3.87. The number of nitrogens with one attached hydrogen (secondary N) is 1. The van der Waals surface area contributed by atoms with E-state index in [9.17, 15) is 4.39 Å². The molecule has 0 saturated heterocycles. The fraction of sp³-hybridized carbons (Fsp3) is 0.0769. The van der Waals surface area contributed by atoms with Crippen LogP contribution in [0.15, 0.2) is 34.8 Å². The molecule has 0 aliphatic carbocycles. The summed E-state index contributed by atoms with van der Waals surface area (Å²) < 4.78 is 22.5. The number of halogens is 3. The van der Waals surface area contributed by atoms with E-state index >= 15 is 0 Å². The van der Waals surface area contributed by atoms with Crippen LogP contribution >= 0.6 is 39.3 Å². The van der Waals surface area contributed by atoms with Gasteiger partial charge in [0, 0.05) is 11.0 Å². The highest BCUT2D eigenvalue weighted by Gasteiger charge is 2.10. The molecule has 2 aromatic carbocycles. The summed E-state index contributed by atoms with van der Waals surface area (Å²) in [5, 5.41) is 3.77. The van der Waals surface area contributed by atoms with Crippen molar-refractivity contribution in [1.82, 2.24) is 8.75 Å². The van der Waals surface area contributed by atoms with Crippen molar-refractivity contribution in [3.05, 3.63) is 51.2 Å². The summed E-state index contributed by atoms with van der Waals surface area (Å²) in [6, 6.07) is 8.16. The summed E-state index contributed by atoms with van der Waals surface area (Å²) in [5.74, 6) is -0.273. The van der Waals surface area contributed by atoms with E-state index in [1.54, 1.807) is 12.1 Å². The van der Waals surface area contributed by atoms with Crippen molar-refractivity contribution in [2.24, 2.45) is 0 Å². The largest absolute Gasteiger partial charge is 0.378 e. The lowest BCUT2D eigenvalue weighted by molar-refractivity contribution is 0.625. The third-order valence-corrected chi connectivity index (χ3v) is 4.47. The van der Waals surface area contributed by atoms with Gasteiger partial charge in [-0.2, -0.15) is 8.75 Å². The van der Waals surface area contributed by atoms with E-state index in [4.69, 9.17) is 11.6 Å². The van der Waals surface area contributed by atoms with E-state index in [-0.39, 0.29) is 5.82 Å². The molecule has 0 amide bonds. The predicted octanol–water partition coefficient (Wildman–Crippen LogP) is 4.86. The number of anilines is 1. The molecule has 3 aromatic rings. The van der Waals surface area contributed by atoms with Gasteiger partial charge in [-0.25, -0.2) is 4.39 Å². The smallest absolute Gasteiger partial charge is 0.129 e. The van der Waals surface area contributed by atoms with E-state index in [2.05, 4.69) is 30.0 Å². The highest BCUT2D eigenvalue weighted by atomic mass is 79.9. The maximum atomic E-state index is 13.3. The first-order valence-corrected chi connectivity index (χ1v) is 7.64. The van der Waals surface area contributed by atoms with Crippen LogP contribution in [0, 0.1) is 5.82 Å². The summed E-state index contributed by atoms with van der Waals surface area (Å²) >= 11 is 10.7. The molecule has 0 atom stereocenters. The van der Waals surface area contributed by atoms with Gasteiger partial charge in [0.2, 0.25) is 0 Å². The summed E-state index contributed by atoms with van der Waals surface area (Å²) in [5.41, 5.74) is 3.05. The number of nitrogens with zero attached hydrogens (tertiary/aromatic N) is 2. The minimum atomic E-state index is -0.273. The van der Waals surface area contributed by atoms with Crippen molar-refractivity contribution in [3.8, 4) is 0 Å². The van der Waals surface area contributed by atoms with Gasteiger partial charge in [0.05, 0.1) is 22.4 Å². The Morgan fingerprint density at radius 2 is 2.10 bits per heavy atom. The first kappa shape index (κ1) is 13.7. The zero-order valence-electron chi connectivity index (χ0n) is 10.0. The summed E-state index contributed by atoms with van der Waals surface area (Å²) in [6.07, 6.45) is 0. The predicted molar refractivity (Wildman–Crippen MR) is 83.9 cm³/mol. The van der Waals surface area contributed by atoms with Gasteiger partial charge in [-0.15, -0.1) is 0 Å². The Balaban J connectivity index is 1.92. The Morgan fingerprint density at radius 3 is 2.95 bits per heavy atom. The van der Waals surface area contributed by atoms with E-state index in [1.165, 1.54) is 12.1 Å². The number of rotatable bonds is 3. The summed E-state index contributed by atoms with van der Waals surface area (Å²) in [6.45, 7) is 0.439. The monoisotopic (exact) mass is 371 g/mol. The second kappa shape index (κ2) is 5.63. The highest BCUT2D eigenvalue weighted by molar-refractivity contribution is 9.10. The number of benzene rings is 2. The standard InChI is InChI=1S/C13H8BrClFN3S/c14-9-2-1-8(16)5-7(9)6-17-12-10(15)3-4-11-13(12)19-20-18-11/h1-5,17H,6H2. The summed E-state index contributed by atoms with van der Waals surface area (Å²) in [7, 11) is 0. The van der Waals surface area contributed by atoms with Gasteiger partial charge in [0.1, 0.15) is 16.9 Å². The van der Waals surface area contributed by atoms with Crippen LogP contribution in [-0.4, -0.2) is 8.75 Å². The number of hydrogen-bond acceptors (Lipinski definition) is 4. The molecule has 3 nitrogen and oxygen atoms in total. The van der Waals surface area contributed by atoms with Crippen molar-refractivity contribution in [1.29, 1.82) is 0 Å². The normalized spacial score (nSPS) is 10.9. The zero-order valence-corrected chi connectivity index (χ0v) is 13.2. The average Bonchev–Trinajstić information content (AvgIpc) is 2.90. The molecule has 20 heavy (non-hydrogen) atoms. The van der Waals surface area contributed by atoms with Crippen LogP contribution < -0.4 is 5.32 Å². The van der Waals surface area contributed by atoms with E-state index in [1.807, 2.05) is 6.07 Å². The van der Waals surface area contributed by atoms with Crippen LogP contribution in [-0.2, 0) is 6.54 Å². The molecular weight excluding hydrogens is 365 g/mol. The molecule has 1 heterocycles. The van der Waals surface area contributed by atoms with Gasteiger partial charge >= 0.3 is 0 Å². The second-order valence-electron chi connectivity index (χ2n) is 4.14. The van der Waals surface area contributed by atoms with Gasteiger partial charge < -0.3 is 5.32 Å². The van der Waals surface area contributed by atoms with Gasteiger partial charge in [0.15, 0.2) is 0 Å². The van der Waals surface area contributed by atoms with Crippen molar-refractivity contribution in [2.75, 3.05) is 5.32 Å². The third kappa shape index (κ3) is 2.63. The Labute approximate surface area is 132 Å². The first-order valence-electron chi connectivity index (χ1n) is 5.74. The molecule has 7 heteroatoms.